The molecular formula is C16H9F3O2. The monoisotopic (exact) mass is 290 g/mol. The van der Waals surface area contributed by atoms with Crippen molar-refractivity contribution in [2.24, 2.45) is 0 Å². The van der Waals surface area contributed by atoms with Gasteiger partial charge >= 0.3 is 6.18 Å². The quantitative estimate of drug-likeness (QED) is 0.747. The van der Waals surface area contributed by atoms with Crippen LogP contribution < -0.4 is 0 Å². The van der Waals surface area contributed by atoms with E-state index in [1.165, 1.54) is 24.3 Å². The second-order valence-corrected chi connectivity index (χ2v) is 4.83. The molecular weight excluding hydrogens is 281 g/mol. The minimum Gasteiger partial charge on any atom is -0.293 e. The lowest BCUT2D eigenvalue weighted by molar-refractivity contribution is -0.137. The third-order valence-corrected chi connectivity index (χ3v) is 3.53. The van der Waals surface area contributed by atoms with Crippen LogP contribution in [0, 0.1) is 0 Å². The van der Waals surface area contributed by atoms with Crippen molar-refractivity contribution in [1.82, 2.24) is 0 Å². The predicted molar refractivity (Wildman–Crippen MR) is 69.3 cm³/mol. The summed E-state index contributed by atoms with van der Waals surface area (Å²) in [5, 5.41) is 0. The predicted octanol–water partition coefficient (Wildman–Crippen LogP) is 3.87. The molecule has 21 heavy (non-hydrogen) atoms. The van der Waals surface area contributed by atoms with Gasteiger partial charge in [-0.15, -0.1) is 0 Å². The zero-order valence-electron chi connectivity index (χ0n) is 10.6. The maximum atomic E-state index is 12.7. The zero-order chi connectivity index (χ0) is 15.2. The van der Waals surface area contributed by atoms with Crippen molar-refractivity contribution in [2.75, 3.05) is 0 Å². The number of ketones is 2. The molecule has 0 heterocycles. The van der Waals surface area contributed by atoms with E-state index in [2.05, 4.69) is 0 Å². The van der Waals surface area contributed by atoms with E-state index in [0.29, 0.717) is 0 Å². The number of fused-ring (bicyclic) bond motifs is 1. The average Bonchev–Trinajstić information content (AvgIpc) is 2.71. The van der Waals surface area contributed by atoms with Crippen molar-refractivity contribution < 1.29 is 22.8 Å². The number of carbonyl (C=O) groups excluding carboxylic acids is 2. The third kappa shape index (κ3) is 2.14. The van der Waals surface area contributed by atoms with Crippen LogP contribution in [-0.2, 0) is 6.18 Å². The fourth-order valence-corrected chi connectivity index (χ4v) is 2.54. The molecule has 0 atom stereocenters. The number of Topliss-reactive ketones (excluding diaryl/α,β-unsaturated/α-hetero) is 2. The first-order chi connectivity index (χ1) is 9.89. The summed E-state index contributed by atoms with van der Waals surface area (Å²) in [6, 6.07) is 10.7. The van der Waals surface area contributed by atoms with Gasteiger partial charge in [0.25, 0.3) is 0 Å². The lowest BCUT2D eigenvalue weighted by Crippen LogP contribution is -2.14. The van der Waals surface area contributed by atoms with Crippen molar-refractivity contribution >= 4 is 11.6 Å². The number of carbonyl (C=O) groups is 2. The van der Waals surface area contributed by atoms with E-state index in [1.807, 2.05) is 0 Å². The fourth-order valence-electron chi connectivity index (χ4n) is 2.54. The molecule has 1 aliphatic carbocycles. The van der Waals surface area contributed by atoms with Gasteiger partial charge in [-0.25, -0.2) is 0 Å². The van der Waals surface area contributed by atoms with Gasteiger partial charge in [0.05, 0.1) is 5.56 Å². The first kappa shape index (κ1) is 13.5. The molecule has 0 saturated carbocycles. The van der Waals surface area contributed by atoms with Gasteiger partial charge in [0.1, 0.15) is 5.92 Å². The highest BCUT2D eigenvalue weighted by Crippen LogP contribution is 2.36. The van der Waals surface area contributed by atoms with E-state index < -0.39 is 29.2 Å². The molecule has 0 radical (unpaired) electrons. The molecule has 0 bridgehead atoms. The van der Waals surface area contributed by atoms with Crippen LogP contribution in [0.1, 0.15) is 37.8 Å². The number of hydrogen-bond donors (Lipinski definition) is 0. The molecule has 0 amide bonds. The molecule has 106 valence electrons. The van der Waals surface area contributed by atoms with Crippen molar-refractivity contribution in [3.63, 3.8) is 0 Å². The lowest BCUT2D eigenvalue weighted by atomic mass is 9.93. The lowest BCUT2D eigenvalue weighted by Gasteiger charge is -2.11. The zero-order valence-corrected chi connectivity index (χ0v) is 10.6. The first-order valence-electron chi connectivity index (χ1n) is 6.24. The van der Waals surface area contributed by atoms with Crippen LogP contribution in [0.15, 0.2) is 48.5 Å². The van der Waals surface area contributed by atoms with Gasteiger partial charge in [0.2, 0.25) is 0 Å². The molecule has 0 N–H and O–H groups in total. The Morgan fingerprint density at radius 3 is 1.90 bits per heavy atom. The largest absolute Gasteiger partial charge is 0.416 e. The number of hydrogen-bond acceptors (Lipinski definition) is 2. The highest BCUT2D eigenvalue weighted by molar-refractivity contribution is 6.29. The summed E-state index contributed by atoms with van der Waals surface area (Å²) in [6.07, 6.45) is -4.51. The second kappa shape index (κ2) is 4.55. The molecule has 0 spiro atoms. The molecule has 2 aromatic carbocycles. The Balaban J connectivity index is 2.08. The molecule has 0 aliphatic heterocycles. The minimum absolute atomic E-state index is 0.0797. The van der Waals surface area contributed by atoms with Crippen molar-refractivity contribution in [3.8, 4) is 0 Å². The Morgan fingerprint density at radius 2 is 1.38 bits per heavy atom. The summed E-state index contributed by atoms with van der Waals surface area (Å²) < 4.78 is 38.2. The van der Waals surface area contributed by atoms with Crippen LogP contribution in [0.4, 0.5) is 13.2 Å². The van der Waals surface area contributed by atoms with Crippen molar-refractivity contribution in [2.45, 2.75) is 12.1 Å². The van der Waals surface area contributed by atoms with Crippen LogP contribution in [0.2, 0.25) is 0 Å². The van der Waals surface area contributed by atoms with Crippen molar-refractivity contribution in [3.05, 3.63) is 70.8 Å². The van der Waals surface area contributed by atoms with Gasteiger partial charge in [-0.1, -0.05) is 42.5 Å². The minimum atomic E-state index is -4.51. The first-order valence-corrected chi connectivity index (χ1v) is 6.24. The third-order valence-electron chi connectivity index (χ3n) is 3.53. The summed E-state index contributed by atoms with van der Waals surface area (Å²) in [7, 11) is 0. The number of alkyl halides is 3. The standard InChI is InChI=1S/C16H9F3O2/c17-16(18,19)10-5-3-4-9(8-10)13-14(20)11-6-1-2-7-12(11)15(13)21/h1-8,13H. The molecule has 2 nitrogen and oxygen atoms in total. The van der Waals surface area contributed by atoms with E-state index in [1.54, 1.807) is 12.1 Å². The topological polar surface area (TPSA) is 34.1 Å². The Bertz CT molecular complexity index is 712. The Labute approximate surface area is 118 Å². The summed E-state index contributed by atoms with van der Waals surface area (Å²) in [5.74, 6) is -2.07. The second-order valence-electron chi connectivity index (χ2n) is 4.83. The van der Waals surface area contributed by atoms with E-state index in [-0.39, 0.29) is 16.7 Å². The smallest absolute Gasteiger partial charge is 0.293 e. The molecule has 0 aromatic heterocycles. The van der Waals surface area contributed by atoms with E-state index >= 15 is 0 Å². The van der Waals surface area contributed by atoms with E-state index in [4.69, 9.17) is 0 Å². The van der Waals surface area contributed by atoms with Gasteiger partial charge < -0.3 is 0 Å². The summed E-state index contributed by atoms with van der Waals surface area (Å²) in [4.78, 5) is 24.5. The van der Waals surface area contributed by atoms with Crippen LogP contribution in [0.25, 0.3) is 0 Å². The molecule has 2 aromatic rings. The number of rotatable bonds is 1. The molecule has 0 unspecified atom stereocenters. The highest BCUT2D eigenvalue weighted by Gasteiger charge is 2.40. The maximum absolute atomic E-state index is 12.7. The van der Waals surface area contributed by atoms with Crippen LogP contribution in [0.5, 0.6) is 0 Å². The average molecular weight is 290 g/mol. The van der Waals surface area contributed by atoms with Gasteiger partial charge in [-0.2, -0.15) is 13.2 Å². The molecule has 0 saturated heterocycles. The highest BCUT2D eigenvalue weighted by atomic mass is 19.4. The van der Waals surface area contributed by atoms with Gasteiger partial charge in [-0.05, 0) is 11.6 Å². The summed E-state index contributed by atoms with van der Waals surface area (Å²) in [6.45, 7) is 0. The van der Waals surface area contributed by atoms with Crippen LogP contribution >= 0.6 is 0 Å². The van der Waals surface area contributed by atoms with E-state index in [9.17, 15) is 22.8 Å². The maximum Gasteiger partial charge on any atom is 0.416 e. The molecule has 1 aliphatic rings. The van der Waals surface area contributed by atoms with Gasteiger partial charge in [0.15, 0.2) is 11.6 Å². The molecule has 5 heteroatoms. The summed E-state index contributed by atoms with van der Waals surface area (Å²) >= 11 is 0. The normalized spacial score (nSPS) is 15.4. The van der Waals surface area contributed by atoms with Crippen LogP contribution in [-0.4, -0.2) is 11.6 Å². The Kier molecular flexibility index (Phi) is 2.93. The number of halogens is 3. The van der Waals surface area contributed by atoms with Crippen LogP contribution in [0.3, 0.4) is 0 Å². The molecule has 0 fully saturated rings. The summed E-state index contributed by atoms with van der Waals surface area (Å²) in [5.41, 5.74) is -0.248. The molecule has 3 rings (SSSR count). The van der Waals surface area contributed by atoms with Gasteiger partial charge in [0, 0.05) is 11.1 Å². The van der Waals surface area contributed by atoms with Crippen molar-refractivity contribution in [1.29, 1.82) is 0 Å². The Hall–Kier alpha value is -2.43. The van der Waals surface area contributed by atoms with Gasteiger partial charge in [-0.3, -0.25) is 9.59 Å². The SMILES string of the molecule is O=C1c2ccccc2C(=O)C1c1cccc(C(F)(F)F)c1. The fraction of sp³-hybridized carbons (Fsp3) is 0.125. The van der Waals surface area contributed by atoms with E-state index in [0.717, 1.165) is 12.1 Å². The Morgan fingerprint density at radius 1 is 0.810 bits per heavy atom. The number of benzene rings is 2.